The van der Waals surface area contributed by atoms with E-state index in [9.17, 15) is 9.90 Å². The molecule has 4 aliphatic carbocycles. The molecule has 0 saturated heterocycles. The summed E-state index contributed by atoms with van der Waals surface area (Å²) in [7, 11) is 0. The molecule has 4 saturated carbocycles. The average molecular weight is 473 g/mol. The third-order valence-electron chi connectivity index (χ3n) is 11.6. The summed E-state index contributed by atoms with van der Waals surface area (Å²) in [5, 5.41) is 10.3. The van der Waals surface area contributed by atoms with Crippen LogP contribution in [0.4, 0.5) is 0 Å². The van der Waals surface area contributed by atoms with Crippen molar-refractivity contribution in [1.82, 2.24) is 0 Å². The van der Waals surface area contributed by atoms with Crippen LogP contribution in [0.3, 0.4) is 0 Å². The lowest BCUT2D eigenvalue weighted by Gasteiger charge is -2.61. The van der Waals surface area contributed by atoms with Crippen molar-refractivity contribution in [3.05, 3.63) is 12.2 Å². The van der Waals surface area contributed by atoms with Crippen LogP contribution in [0.2, 0.25) is 0 Å². The Morgan fingerprint density at radius 3 is 2.50 bits per heavy atom. The maximum atomic E-state index is 11.6. The number of esters is 1. The van der Waals surface area contributed by atoms with Gasteiger partial charge in [0.1, 0.15) is 0 Å². The minimum Gasteiger partial charge on any atom is -0.462 e. The van der Waals surface area contributed by atoms with Gasteiger partial charge in [-0.05, 0) is 123 Å². The molecule has 34 heavy (non-hydrogen) atoms. The molecule has 0 aromatic carbocycles. The van der Waals surface area contributed by atoms with Crippen molar-refractivity contribution in [2.75, 3.05) is 6.61 Å². The number of rotatable bonds is 8. The van der Waals surface area contributed by atoms with Crippen molar-refractivity contribution in [3.63, 3.8) is 0 Å². The van der Waals surface area contributed by atoms with Crippen LogP contribution in [-0.2, 0) is 9.53 Å². The Kier molecular flexibility index (Phi) is 8.22. The molecule has 0 spiro atoms. The molecule has 0 heterocycles. The lowest BCUT2D eigenvalue weighted by atomic mass is 9.44. The number of carbonyl (C=O) groups excluding carboxylic acids is 1. The third kappa shape index (κ3) is 5.02. The van der Waals surface area contributed by atoms with Gasteiger partial charge in [0.25, 0.3) is 0 Å². The lowest BCUT2D eigenvalue weighted by molar-refractivity contribution is -0.139. The van der Waals surface area contributed by atoms with Crippen LogP contribution in [0.1, 0.15) is 112 Å². The Bertz CT molecular complexity index is 730. The number of hydrogen-bond acceptors (Lipinski definition) is 3. The van der Waals surface area contributed by atoms with Gasteiger partial charge in [-0.25, -0.2) is 4.79 Å². The van der Waals surface area contributed by atoms with E-state index < -0.39 is 0 Å². The summed E-state index contributed by atoms with van der Waals surface area (Å²) in [4.78, 5) is 11.6. The minimum absolute atomic E-state index is 0.0388. The number of fused-ring (bicyclic) bond motifs is 5. The summed E-state index contributed by atoms with van der Waals surface area (Å²) in [5.41, 5.74) is 1.02. The van der Waals surface area contributed by atoms with Crippen LogP contribution in [0, 0.1) is 52.3 Å². The molecule has 0 aromatic heterocycles. The van der Waals surface area contributed by atoms with Crippen LogP contribution in [0.15, 0.2) is 12.2 Å². The largest absolute Gasteiger partial charge is 0.462 e. The maximum Gasteiger partial charge on any atom is 0.330 e. The highest BCUT2D eigenvalue weighted by Crippen LogP contribution is 2.68. The second-order valence-electron chi connectivity index (χ2n) is 13.5. The number of carbonyl (C=O) groups is 1. The van der Waals surface area contributed by atoms with Gasteiger partial charge in [-0.3, -0.25) is 0 Å². The van der Waals surface area contributed by atoms with Crippen molar-refractivity contribution in [1.29, 1.82) is 0 Å². The molecule has 1 unspecified atom stereocenters. The first-order valence-electron chi connectivity index (χ1n) is 14.7. The highest BCUT2D eigenvalue weighted by Gasteiger charge is 2.60. The van der Waals surface area contributed by atoms with Crippen molar-refractivity contribution < 1.29 is 14.6 Å². The molecule has 4 rings (SSSR count). The zero-order valence-electron chi connectivity index (χ0n) is 22.7. The second kappa shape index (κ2) is 10.7. The van der Waals surface area contributed by atoms with Crippen LogP contribution in [0.25, 0.3) is 0 Å². The van der Waals surface area contributed by atoms with Crippen LogP contribution >= 0.6 is 0 Å². The van der Waals surface area contributed by atoms with E-state index in [4.69, 9.17) is 4.74 Å². The van der Waals surface area contributed by atoms with Gasteiger partial charge in [-0.1, -0.05) is 46.6 Å². The Morgan fingerprint density at radius 1 is 1.00 bits per heavy atom. The van der Waals surface area contributed by atoms with Crippen LogP contribution in [-0.4, -0.2) is 23.8 Å². The highest BCUT2D eigenvalue weighted by molar-refractivity contribution is 5.81. The molecule has 4 fully saturated rings. The fourth-order valence-electron chi connectivity index (χ4n) is 9.69. The van der Waals surface area contributed by atoms with Crippen LogP contribution in [0.5, 0.6) is 0 Å². The Balaban J connectivity index is 1.31. The maximum absolute atomic E-state index is 11.6. The van der Waals surface area contributed by atoms with Gasteiger partial charge in [0.05, 0.1) is 12.7 Å². The Hall–Kier alpha value is -0.830. The first kappa shape index (κ1) is 26.2. The molecule has 0 aromatic rings. The van der Waals surface area contributed by atoms with Gasteiger partial charge >= 0.3 is 5.97 Å². The standard InChI is InChI=1S/C31H52O3/c1-6-8-29(33)34-20-21(2)9-7-10-22(3)26-13-14-27-25-12-11-23-19-24(32)15-17-30(23,4)28(25)16-18-31(26,27)5/h6,8,21-28,32H,7,9-20H2,1-5H3/b8-6+/t21?,22-,23+,24+,25+,26-,27+,28+,30+,31-/m1/s1. The summed E-state index contributed by atoms with van der Waals surface area (Å²) in [6, 6.07) is 0. The van der Waals surface area contributed by atoms with E-state index in [2.05, 4.69) is 27.7 Å². The first-order valence-corrected chi connectivity index (χ1v) is 14.7. The van der Waals surface area contributed by atoms with Crippen molar-refractivity contribution in [2.45, 2.75) is 118 Å². The molecule has 0 bridgehead atoms. The number of aliphatic hydroxyl groups excluding tert-OH is 1. The van der Waals surface area contributed by atoms with Gasteiger partial charge in [0.2, 0.25) is 0 Å². The van der Waals surface area contributed by atoms with E-state index in [1.807, 2.05) is 6.92 Å². The molecular formula is C31H52O3. The van der Waals surface area contributed by atoms with E-state index >= 15 is 0 Å². The quantitative estimate of drug-likeness (QED) is 0.293. The SMILES string of the molecule is C/C=C/C(=O)OCC(C)CCC[C@@H](C)[C@H]1CC[C@H]2[C@@H]3CC[C@H]4C[C@@H](O)CC[C@]4(C)[C@H]3CC[C@]12C. The van der Waals surface area contributed by atoms with Gasteiger partial charge in [-0.2, -0.15) is 0 Å². The van der Waals surface area contributed by atoms with Gasteiger partial charge in [-0.15, -0.1) is 0 Å². The smallest absolute Gasteiger partial charge is 0.330 e. The Labute approximate surface area is 209 Å². The summed E-state index contributed by atoms with van der Waals surface area (Å²) >= 11 is 0. The van der Waals surface area contributed by atoms with Gasteiger partial charge in [0, 0.05) is 6.08 Å². The second-order valence-corrected chi connectivity index (χ2v) is 13.5. The fourth-order valence-corrected chi connectivity index (χ4v) is 9.69. The molecule has 0 aliphatic heterocycles. The molecule has 1 N–H and O–H groups in total. The molecule has 10 atom stereocenters. The predicted octanol–water partition coefficient (Wildman–Crippen LogP) is 7.57. The molecule has 3 heteroatoms. The van der Waals surface area contributed by atoms with Crippen LogP contribution < -0.4 is 0 Å². The van der Waals surface area contributed by atoms with E-state index in [0.717, 1.165) is 54.8 Å². The number of hydrogen-bond donors (Lipinski definition) is 1. The number of ether oxygens (including phenoxy) is 1. The van der Waals surface area contributed by atoms with Crippen molar-refractivity contribution in [2.24, 2.45) is 52.3 Å². The first-order chi connectivity index (χ1) is 16.2. The average Bonchev–Trinajstić information content (AvgIpc) is 3.15. The van der Waals surface area contributed by atoms with E-state index in [1.54, 1.807) is 6.08 Å². The fraction of sp³-hybridized carbons (Fsp3) is 0.903. The lowest BCUT2D eigenvalue weighted by Crippen LogP contribution is -2.54. The predicted molar refractivity (Wildman–Crippen MR) is 139 cm³/mol. The number of allylic oxidation sites excluding steroid dienone is 1. The third-order valence-corrected chi connectivity index (χ3v) is 11.6. The van der Waals surface area contributed by atoms with Gasteiger partial charge < -0.3 is 9.84 Å². The monoisotopic (exact) mass is 472 g/mol. The number of aliphatic hydroxyl groups is 1. The van der Waals surface area contributed by atoms with E-state index in [-0.39, 0.29) is 12.1 Å². The summed E-state index contributed by atoms with van der Waals surface area (Å²) < 4.78 is 5.35. The normalized spacial score (nSPS) is 43.6. The van der Waals surface area contributed by atoms with Gasteiger partial charge in [0.15, 0.2) is 0 Å². The summed E-state index contributed by atoms with van der Waals surface area (Å²) in [6.45, 7) is 12.4. The summed E-state index contributed by atoms with van der Waals surface area (Å²) in [5.74, 6) is 5.41. The highest BCUT2D eigenvalue weighted by atomic mass is 16.5. The minimum atomic E-state index is -0.212. The topological polar surface area (TPSA) is 46.5 Å². The summed E-state index contributed by atoms with van der Waals surface area (Å²) in [6.07, 6.45) is 18.8. The Morgan fingerprint density at radius 2 is 1.74 bits per heavy atom. The van der Waals surface area contributed by atoms with Crippen molar-refractivity contribution >= 4 is 5.97 Å². The van der Waals surface area contributed by atoms with E-state index in [1.165, 1.54) is 63.9 Å². The zero-order valence-corrected chi connectivity index (χ0v) is 22.7. The molecule has 0 amide bonds. The molecule has 0 radical (unpaired) electrons. The molecule has 194 valence electrons. The van der Waals surface area contributed by atoms with E-state index in [0.29, 0.717) is 23.4 Å². The molecule has 3 nitrogen and oxygen atoms in total. The van der Waals surface area contributed by atoms with Crippen molar-refractivity contribution in [3.8, 4) is 0 Å². The zero-order chi connectivity index (χ0) is 24.5. The molecule has 4 aliphatic rings. The molecular weight excluding hydrogens is 420 g/mol.